The molecule has 0 radical (unpaired) electrons. The molecular formula is C14H17N2O2P. The predicted octanol–water partition coefficient (Wildman–Crippen LogP) is 3.32. The molecule has 0 atom stereocenters. The molecule has 0 unspecified atom stereocenters. The van der Waals surface area contributed by atoms with Crippen molar-refractivity contribution in [2.75, 3.05) is 11.5 Å². The van der Waals surface area contributed by atoms with Crippen LogP contribution in [0.15, 0.2) is 36.4 Å². The van der Waals surface area contributed by atoms with Crippen LogP contribution < -0.4 is 11.5 Å². The fraction of sp³-hybridized carbons (Fsp3) is 0.143. The standard InChI is InChI=1S/C14H16N2.HO2P/c1-9-3-11(7-13(15)5-9)12-4-10(2)6-14(16)8-12;1-3-2/h3-8H,15-16H2,1-2H3;(H,1,2). The average Bonchev–Trinajstić information content (AvgIpc) is 2.27. The summed E-state index contributed by atoms with van der Waals surface area (Å²) in [6, 6.07) is 12.1. The molecule has 0 aliphatic carbocycles. The van der Waals surface area contributed by atoms with Gasteiger partial charge in [0, 0.05) is 11.4 Å². The molecule has 0 aromatic heterocycles. The molecule has 0 aliphatic rings. The number of aryl methyl sites for hydroxylation is 2. The molecule has 100 valence electrons. The van der Waals surface area contributed by atoms with Crippen molar-refractivity contribution in [1.29, 1.82) is 0 Å². The summed E-state index contributed by atoms with van der Waals surface area (Å²) in [5.41, 5.74) is 17.8. The number of hydrogen-bond donors (Lipinski definition) is 3. The molecule has 0 aliphatic heterocycles. The van der Waals surface area contributed by atoms with E-state index in [1.165, 1.54) is 0 Å². The van der Waals surface area contributed by atoms with Gasteiger partial charge in [0.2, 0.25) is 0 Å². The summed E-state index contributed by atoms with van der Waals surface area (Å²) < 4.78 is 8.46. The van der Waals surface area contributed by atoms with Crippen LogP contribution in [0.25, 0.3) is 11.1 Å². The Morgan fingerprint density at radius 1 is 0.842 bits per heavy atom. The zero-order valence-corrected chi connectivity index (χ0v) is 11.8. The minimum Gasteiger partial charge on any atom is -0.399 e. The smallest absolute Gasteiger partial charge is 0.324 e. The van der Waals surface area contributed by atoms with E-state index in [1.54, 1.807) is 0 Å². The second kappa shape index (κ2) is 6.88. The van der Waals surface area contributed by atoms with E-state index in [9.17, 15) is 0 Å². The van der Waals surface area contributed by atoms with Crippen LogP contribution in [0.4, 0.5) is 11.4 Å². The summed E-state index contributed by atoms with van der Waals surface area (Å²) >= 11 is 0. The van der Waals surface area contributed by atoms with Gasteiger partial charge in [0.05, 0.1) is 0 Å². The summed E-state index contributed by atoms with van der Waals surface area (Å²) in [7, 11) is -0.833. The zero-order chi connectivity index (χ0) is 14.4. The van der Waals surface area contributed by atoms with Crippen LogP contribution in [-0.4, -0.2) is 4.89 Å². The minimum atomic E-state index is -0.833. The summed E-state index contributed by atoms with van der Waals surface area (Å²) in [4.78, 5) is 6.99. The Kier molecular flexibility index (Phi) is 5.49. The van der Waals surface area contributed by atoms with Crippen molar-refractivity contribution >= 4 is 20.1 Å². The first-order valence-corrected chi connectivity index (χ1v) is 6.44. The topological polar surface area (TPSA) is 89.3 Å². The molecule has 0 saturated carbocycles. The fourth-order valence-corrected chi connectivity index (χ4v) is 1.96. The van der Waals surface area contributed by atoms with E-state index in [1.807, 2.05) is 38.1 Å². The second-order valence-electron chi connectivity index (χ2n) is 4.35. The van der Waals surface area contributed by atoms with Crippen molar-refractivity contribution in [3.8, 4) is 11.1 Å². The van der Waals surface area contributed by atoms with Crippen LogP contribution in [0.3, 0.4) is 0 Å². The average molecular weight is 276 g/mol. The first kappa shape index (κ1) is 15.2. The molecule has 19 heavy (non-hydrogen) atoms. The Morgan fingerprint density at radius 2 is 1.16 bits per heavy atom. The Bertz CT molecular complexity index is 496. The minimum absolute atomic E-state index is 0.787. The van der Waals surface area contributed by atoms with E-state index < -0.39 is 8.69 Å². The lowest BCUT2D eigenvalue weighted by atomic mass is 10.0. The maximum atomic E-state index is 8.46. The second-order valence-corrected chi connectivity index (χ2v) is 4.51. The molecule has 0 heterocycles. The summed E-state index contributed by atoms with van der Waals surface area (Å²) in [6.45, 7) is 4.08. The molecule has 5 heteroatoms. The van der Waals surface area contributed by atoms with E-state index in [-0.39, 0.29) is 0 Å². The van der Waals surface area contributed by atoms with Gasteiger partial charge in [-0.3, -0.25) is 0 Å². The number of benzene rings is 2. The molecule has 4 nitrogen and oxygen atoms in total. The normalized spacial score (nSPS) is 9.84. The van der Waals surface area contributed by atoms with Crippen LogP contribution >= 0.6 is 8.69 Å². The summed E-state index contributed by atoms with van der Waals surface area (Å²) in [5.74, 6) is 0. The first-order valence-electron chi connectivity index (χ1n) is 5.67. The third kappa shape index (κ3) is 4.70. The number of nitrogen functional groups attached to an aromatic ring is 2. The first-order chi connectivity index (χ1) is 8.96. The van der Waals surface area contributed by atoms with Gasteiger partial charge >= 0.3 is 8.69 Å². The maximum absolute atomic E-state index is 8.46. The van der Waals surface area contributed by atoms with E-state index in [0.717, 1.165) is 33.6 Å². The Balaban J connectivity index is 0.000000550. The van der Waals surface area contributed by atoms with Gasteiger partial charge in [0.25, 0.3) is 0 Å². The maximum Gasteiger partial charge on any atom is 0.324 e. The van der Waals surface area contributed by atoms with Crippen LogP contribution in [0.5, 0.6) is 0 Å². The fourth-order valence-electron chi connectivity index (χ4n) is 1.96. The van der Waals surface area contributed by atoms with E-state index in [2.05, 4.69) is 12.1 Å². The highest BCUT2D eigenvalue weighted by atomic mass is 31.1. The van der Waals surface area contributed by atoms with Crippen molar-refractivity contribution in [2.24, 2.45) is 0 Å². The van der Waals surface area contributed by atoms with Gasteiger partial charge in [0.1, 0.15) is 0 Å². The predicted molar refractivity (Wildman–Crippen MR) is 80.0 cm³/mol. The molecule has 0 spiro atoms. The van der Waals surface area contributed by atoms with Crippen molar-refractivity contribution in [3.63, 3.8) is 0 Å². The van der Waals surface area contributed by atoms with Gasteiger partial charge in [-0.05, 0) is 60.4 Å². The zero-order valence-electron chi connectivity index (χ0n) is 10.9. The van der Waals surface area contributed by atoms with Crippen LogP contribution in [0.1, 0.15) is 11.1 Å². The van der Waals surface area contributed by atoms with Crippen molar-refractivity contribution < 1.29 is 9.46 Å². The molecule has 2 rings (SSSR count). The van der Waals surface area contributed by atoms with Gasteiger partial charge in [-0.25, -0.2) is 4.57 Å². The Labute approximate surface area is 114 Å². The molecule has 0 amide bonds. The van der Waals surface area contributed by atoms with Gasteiger partial charge < -0.3 is 16.4 Å². The lowest BCUT2D eigenvalue weighted by molar-refractivity contribution is 0.524. The number of hydrogen-bond acceptors (Lipinski definition) is 3. The van der Waals surface area contributed by atoms with Gasteiger partial charge in [0.15, 0.2) is 0 Å². The van der Waals surface area contributed by atoms with E-state index in [4.69, 9.17) is 20.9 Å². The molecule has 2 aromatic carbocycles. The van der Waals surface area contributed by atoms with E-state index in [0.29, 0.717) is 0 Å². The highest BCUT2D eigenvalue weighted by molar-refractivity contribution is 7.16. The van der Waals surface area contributed by atoms with Crippen LogP contribution in [0.2, 0.25) is 0 Å². The SMILES string of the molecule is Cc1cc(N)cc(-c2cc(C)cc(N)c2)c1.O=PO. The van der Waals surface area contributed by atoms with Crippen LogP contribution in [0, 0.1) is 13.8 Å². The van der Waals surface area contributed by atoms with Crippen molar-refractivity contribution in [2.45, 2.75) is 13.8 Å². The Hall–Kier alpha value is -1.90. The molecule has 2 aromatic rings. The molecule has 0 saturated heterocycles. The molecule has 0 fully saturated rings. The third-order valence-electron chi connectivity index (χ3n) is 2.53. The largest absolute Gasteiger partial charge is 0.399 e. The third-order valence-corrected chi connectivity index (χ3v) is 2.53. The van der Waals surface area contributed by atoms with Crippen LogP contribution in [-0.2, 0) is 4.57 Å². The number of rotatable bonds is 1. The highest BCUT2D eigenvalue weighted by Gasteiger charge is 2.01. The number of nitrogens with two attached hydrogens (primary N) is 2. The van der Waals surface area contributed by atoms with Crippen molar-refractivity contribution in [1.82, 2.24) is 0 Å². The monoisotopic (exact) mass is 276 g/mol. The lowest BCUT2D eigenvalue weighted by Crippen LogP contribution is -1.90. The molecular weight excluding hydrogens is 259 g/mol. The Morgan fingerprint density at radius 3 is 1.42 bits per heavy atom. The summed E-state index contributed by atoms with van der Waals surface area (Å²) in [5, 5.41) is 0. The van der Waals surface area contributed by atoms with Gasteiger partial charge in [-0.15, -0.1) is 0 Å². The van der Waals surface area contributed by atoms with E-state index >= 15 is 0 Å². The summed E-state index contributed by atoms with van der Waals surface area (Å²) in [6.07, 6.45) is 0. The van der Waals surface area contributed by atoms with Gasteiger partial charge in [-0.1, -0.05) is 12.1 Å². The lowest BCUT2D eigenvalue weighted by Gasteiger charge is -2.07. The van der Waals surface area contributed by atoms with Gasteiger partial charge in [-0.2, -0.15) is 0 Å². The molecule has 5 N–H and O–H groups in total. The number of anilines is 2. The quantitative estimate of drug-likeness (QED) is 0.550. The molecule has 0 bridgehead atoms. The van der Waals surface area contributed by atoms with Crippen molar-refractivity contribution in [3.05, 3.63) is 47.5 Å². The highest BCUT2D eigenvalue weighted by Crippen LogP contribution is 2.26.